The highest BCUT2D eigenvalue weighted by Crippen LogP contribution is 2.09. The molecule has 0 saturated carbocycles. The highest BCUT2D eigenvalue weighted by molar-refractivity contribution is 6.35. The summed E-state index contributed by atoms with van der Waals surface area (Å²) in [6.45, 7) is 3.37. The molecule has 6 heteroatoms. The highest BCUT2D eigenvalue weighted by Gasteiger charge is 2.08. The van der Waals surface area contributed by atoms with Crippen molar-refractivity contribution in [1.29, 1.82) is 0 Å². The number of esters is 1. The van der Waals surface area contributed by atoms with E-state index in [0.717, 1.165) is 0 Å². The summed E-state index contributed by atoms with van der Waals surface area (Å²) in [6.07, 6.45) is 0. The van der Waals surface area contributed by atoms with E-state index >= 15 is 0 Å². The van der Waals surface area contributed by atoms with Gasteiger partial charge in [0.25, 0.3) is 5.91 Å². The summed E-state index contributed by atoms with van der Waals surface area (Å²) < 4.78 is 4.70. The average Bonchev–Trinajstić information content (AvgIpc) is 2.36. The molecule has 1 rings (SSSR count). The molecule has 0 heterocycles. The first-order valence-corrected chi connectivity index (χ1v) is 5.35. The molecule has 1 aromatic carbocycles. The minimum Gasteiger partial charge on any atom is -0.508 e. The van der Waals surface area contributed by atoms with E-state index in [-0.39, 0.29) is 18.1 Å². The highest BCUT2D eigenvalue weighted by atomic mass is 16.5. The molecule has 2 N–H and O–H groups in total. The third kappa shape index (κ3) is 3.89. The maximum Gasteiger partial charge on any atom is 0.354 e. The van der Waals surface area contributed by atoms with E-state index in [1.807, 2.05) is 0 Å². The largest absolute Gasteiger partial charge is 0.508 e. The Morgan fingerprint density at radius 1 is 1.33 bits per heavy atom. The van der Waals surface area contributed by atoms with Crippen LogP contribution in [0.4, 0.5) is 0 Å². The van der Waals surface area contributed by atoms with Crippen LogP contribution in [-0.2, 0) is 9.53 Å². The molecular weight excluding hydrogens is 236 g/mol. The molecule has 0 aliphatic rings. The third-order valence-corrected chi connectivity index (χ3v) is 2.03. The number of carbonyl (C=O) groups is 2. The Balaban J connectivity index is 2.63. The van der Waals surface area contributed by atoms with Crippen LogP contribution >= 0.6 is 0 Å². The van der Waals surface area contributed by atoms with Crippen molar-refractivity contribution in [2.24, 2.45) is 5.10 Å². The minimum atomic E-state index is -0.580. The zero-order valence-electron chi connectivity index (χ0n) is 10.1. The Morgan fingerprint density at radius 2 is 1.94 bits per heavy atom. The number of benzene rings is 1. The fourth-order valence-electron chi connectivity index (χ4n) is 1.09. The fourth-order valence-corrected chi connectivity index (χ4v) is 1.09. The summed E-state index contributed by atoms with van der Waals surface area (Å²) >= 11 is 0. The molecule has 0 saturated heterocycles. The second kappa shape index (κ2) is 6.39. The van der Waals surface area contributed by atoms with Gasteiger partial charge in [0, 0.05) is 5.56 Å². The van der Waals surface area contributed by atoms with Gasteiger partial charge in [0.15, 0.2) is 0 Å². The van der Waals surface area contributed by atoms with Crippen LogP contribution in [0.2, 0.25) is 0 Å². The van der Waals surface area contributed by atoms with Crippen molar-refractivity contribution in [2.75, 3.05) is 6.61 Å². The normalized spacial score (nSPS) is 10.9. The van der Waals surface area contributed by atoms with Gasteiger partial charge in [-0.3, -0.25) is 4.79 Å². The number of nitrogens with one attached hydrogen (secondary N) is 1. The molecule has 0 aliphatic carbocycles. The Labute approximate surface area is 104 Å². The van der Waals surface area contributed by atoms with Gasteiger partial charge in [-0.25, -0.2) is 10.2 Å². The number of aromatic hydroxyl groups is 1. The lowest BCUT2D eigenvalue weighted by Gasteiger charge is -2.02. The second-order valence-corrected chi connectivity index (χ2v) is 3.41. The maximum absolute atomic E-state index is 11.6. The van der Waals surface area contributed by atoms with Gasteiger partial charge in [0.05, 0.1) is 6.61 Å². The Hall–Kier alpha value is -2.37. The number of hydrazone groups is 1. The number of phenols is 1. The van der Waals surface area contributed by atoms with E-state index in [1.54, 1.807) is 6.92 Å². The lowest BCUT2D eigenvalue weighted by atomic mass is 10.2. The lowest BCUT2D eigenvalue weighted by Crippen LogP contribution is -2.23. The molecule has 6 nitrogen and oxygen atoms in total. The summed E-state index contributed by atoms with van der Waals surface area (Å²) in [4.78, 5) is 22.8. The summed E-state index contributed by atoms with van der Waals surface area (Å²) in [5.41, 5.74) is 2.61. The van der Waals surface area contributed by atoms with E-state index in [2.05, 4.69) is 10.5 Å². The van der Waals surface area contributed by atoms with Crippen LogP contribution in [0.1, 0.15) is 24.2 Å². The Bertz CT molecular complexity index is 465. The monoisotopic (exact) mass is 250 g/mol. The zero-order chi connectivity index (χ0) is 13.5. The summed E-state index contributed by atoms with van der Waals surface area (Å²) in [7, 11) is 0. The molecule has 1 amide bonds. The Kier molecular flexibility index (Phi) is 4.86. The standard InChI is InChI=1S/C12H14N2O4/c1-3-18-12(17)8(2)13-14-11(16)9-4-6-10(15)7-5-9/h4-7,15H,3H2,1-2H3,(H,14,16)/b13-8+. The minimum absolute atomic E-state index is 0.0592. The Morgan fingerprint density at radius 3 is 2.50 bits per heavy atom. The first kappa shape index (κ1) is 13.7. The maximum atomic E-state index is 11.6. The smallest absolute Gasteiger partial charge is 0.354 e. The summed E-state index contributed by atoms with van der Waals surface area (Å²) in [5, 5.41) is 12.7. The van der Waals surface area contributed by atoms with Crippen LogP contribution in [0.25, 0.3) is 0 Å². The van der Waals surface area contributed by atoms with Crippen LogP contribution in [0.15, 0.2) is 29.4 Å². The van der Waals surface area contributed by atoms with Crippen molar-refractivity contribution >= 4 is 17.6 Å². The molecule has 1 aromatic rings. The first-order valence-electron chi connectivity index (χ1n) is 5.35. The number of hydrogen-bond acceptors (Lipinski definition) is 5. The van der Waals surface area contributed by atoms with E-state index in [4.69, 9.17) is 9.84 Å². The van der Waals surface area contributed by atoms with E-state index in [0.29, 0.717) is 5.56 Å². The van der Waals surface area contributed by atoms with Gasteiger partial charge in [-0.15, -0.1) is 0 Å². The van der Waals surface area contributed by atoms with Crippen molar-refractivity contribution in [3.05, 3.63) is 29.8 Å². The SMILES string of the molecule is CCOC(=O)/C(C)=N/NC(=O)c1ccc(O)cc1. The van der Waals surface area contributed by atoms with Gasteiger partial charge in [-0.1, -0.05) is 0 Å². The van der Waals surface area contributed by atoms with E-state index in [1.165, 1.54) is 31.2 Å². The van der Waals surface area contributed by atoms with Crippen molar-refractivity contribution in [1.82, 2.24) is 5.43 Å². The molecule has 0 bridgehead atoms. The fraction of sp³-hybridized carbons (Fsp3) is 0.250. The molecule has 0 atom stereocenters. The third-order valence-electron chi connectivity index (χ3n) is 2.03. The van der Waals surface area contributed by atoms with Crippen LogP contribution in [-0.4, -0.2) is 29.3 Å². The zero-order valence-corrected chi connectivity index (χ0v) is 10.1. The van der Waals surface area contributed by atoms with Gasteiger partial charge in [0.1, 0.15) is 11.5 Å². The summed E-state index contributed by atoms with van der Waals surface area (Å²) in [6, 6.07) is 5.66. The van der Waals surface area contributed by atoms with E-state index in [9.17, 15) is 9.59 Å². The topological polar surface area (TPSA) is 88.0 Å². The van der Waals surface area contributed by atoms with E-state index < -0.39 is 11.9 Å². The molecule has 18 heavy (non-hydrogen) atoms. The van der Waals surface area contributed by atoms with Crippen LogP contribution in [0.5, 0.6) is 5.75 Å². The van der Waals surface area contributed by atoms with Crippen LogP contribution < -0.4 is 5.43 Å². The van der Waals surface area contributed by atoms with Crippen molar-refractivity contribution in [3.8, 4) is 5.75 Å². The predicted molar refractivity (Wildman–Crippen MR) is 65.3 cm³/mol. The number of ether oxygens (including phenoxy) is 1. The molecule has 0 fully saturated rings. The van der Waals surface area contributed by atoms with Gasteiger partial charge in [0.2, 0.25) is 0 Å². The molecule has 0 radical (unpaired) electrons. The number of hydrogen-bond donors (Lipinski definition) is 2. The predicted octanol–water partition coefficient (Wildman–Crippen LogP) is 1.06. The molecule has 0 aromatic heterocycles. The number of amides is 1. The number of rotatable bonds is 4. The average molecular weight is 250 g/mol. The van der Waals surface area contributed by atoms with Gasteiger partial charge >= 0.3 is 5.97 Å². The van der Waals surface area contributed by atoms with Crippen molar-refractivity contribution < 1.29 is 19.4 Å². The van der Waals surface area contributed by atoms with Crippen molar-refractivity contribution in [2.45, 2.75) is 13.8 Å². The van der Waals surface area contributed by atoms with Crippen LogP contribution in [0, 0.1) is 0 Å². The number of phenolic OH excluding ortho intramolecular Hbond substituents is 1. The number of carbonyl (C=O) groups excluding carboxylic acids is 2. The molecular formula is C12H14N2O4. The molecule has 96 valence electrons. The first-order chi connectivity index (χ1) is 8.54. The number of nitrogens with zero attached hydrogens (tertiary/aromatic N) is 1. The molecule has 0 aliphatic heterocycles. The van der Waals surface area contributed by atoms with Gasteiger partial charge in [-0.05, 0) is 38.1 Å². The quantitative estimate of drug-likeness (QED) is 0.475. The second-order valence-electron chi connectivity index (χ2n) is 3.41. The van der Waals surface area contributed by atoms with Gasteiger partial charge in [-0.2, -0.15) is 5.10 Å². The lowest BCUT2D eigenvalue weighted by molar-refractivity contribution is -0.135. The van der Waals surface area contributed by atoms with Gasteiger partial charge < -0.3 is 9.84 Å². The summed E-state index contributed by atoms with van der Waals surface area (Å²) in [5.74, 6) is -0.986. The molecule has 0 spiro atoms. The van der Waals surface area contributed by atoms with Crippen molar-refractivity contribution in [3.63, 3.8) is 0 Å². The van der Waals surface area contributed by atoms with Crippen LogP contribution in [0.3, 0.4) is 0 Å². The molecule has 0 unspecified atom stereocenters.